The Hall–Kier alpha value is -2.91. The predicted octanol–water partition coefficient (Wildman–Crippen LogP) is 6.42. The van der Waals surface area contributed by atoms with Crippen LogP contribution in [-0.4, -0.2) is 40.0 Å². The number of hydrogen-bond donors (Lipinski definition) is 1. The van der Waals surface area contributed by atoms with Crippen molar-refractivity contribution >= 4 is 34.9 Å². The van der Waals surface area contributed by atoms with Gasteiger partial charge in [0, 0.05) is 42.3 Å². The zero-order chi connectivity index (χ0) is 25.9. The molecule has 11 heteroatoms. The molecule has 6 nitrogen and oxygen atoms in total. The molecule has 0 spiro atoms. The number of alkyl halides is 3. The van der Waals surface area contributed by atoms with Crippen LogP contribution < -0.4 is 10.2 Å². The van der Waals surface area contributed by atoms with E-state index >= 15 is 0 Å². The van der Waals surface area contributed by atoms with E-state index in [1.165, 1.54) is 6.07 Å². The van der Waals surface area contributed by atoms with E-state index in [4.69, 9.17) is 28.2 Å². The van der Waals surface area contributed by atoms with Gasteiger partial charge in [0.05, 0.1) is 22.5 Å². The first-order valence-electron chi connectivity index (χ1n) is 11.6. The van der Waals surface area contributed by atoms with Crippen molar-refractivity contribution in [1.29, 1.82) is 0 Å². The van der Waals surface area contributed by atoms with Gasteiger partial charge < -0.3 is 10.2 Å². The molecule has 1 fully saturated rings. The summed E-state index contributed by atoms with van der Waals surface area (Å²) in [5.74, 6) is 0.661. The van der Waals surface area contributed by atoms with Crippen LogP contribution in [0.5, 0.6) is 0 Å². The van der Waals surface area contributed by atoms with Crippen LogP contribution >= 0.6 is 23.2 Å². The van der Waals surface area contributed by atoms with Crippen LogP contribution in [0.15, 0.2) is 42.7 Å². The summed E-state index contributed by atoms with van der Waals surface area (Å²) >= 11 is 12.5. The molecule has 0 atom stereocenters. The average molecular weight is 538 g/mol. The van der Waals surface area contributed by atoms with E-state index in [2.05, 4.69) is 20.2 Å². The van der Waals surface area contributed by atoms with Gasteiger partial charge in [-0.05, 0) is 49.6 Å². The first kappa shape index (κ1) is 26.2. The van der Waals surface area contributed by atoms with Crippen molar-refractivity contribution in [1.82, 2.24) is 20.3 Å². The van der Waals surface area contributed by atoms with Crippen LogP contribution in [-0.2, 0) is 11.0 Å². The number of carbonyl (C=O) groups is 1. The van der Waals surface area contributed by atoms with E-state index < -0.39 is 11.7 Å². The molecule has 1 amide bonds. The maximum atomic E-state index is 13.0. The fraction of sp³-hybridized carbons (Fsp3) is 0.360. The minimum absolute atomic E-state index is 0.0591. The van der Waals surface area contributed by atoms with E-state index in [-0.39, 0.29) is 17.6 Å². The molecule has 2 aromatic heterocycles. The number of piperidine rings is 1. The SMILES string of the molecule is CCCC(=O)NC1CCN(c2cnc(-c3ccc(C(F)(F)F)cn3)c(-c3ccc(Cl)cc3Cl)n2)CC1. The Morgan fingerprint density at radius 2 is 1.83 bits per heavy atom. The Morgan fingerprint density at radius 3 is 2.44 bits per heavy atom. The quantitative estimate of drug-likeness (QED) is 0.393. The van der Waals surface area contributed by atoms with Crippen LogP contribution in [0.3, 0.4) is 0 Å². The first-order chi connectivity index (χ1) is 17.2. The summed E-state index contributed by atoms with van der Waals surface area (Å²) in [6.07, 6.45) is 0.693. The number of anilines is 1. The third-order valence-electron chi connectivity index (χ3n) is 5.94. The molecule has 1 saturated heterocycles. The predicted molar refractivity (Wildman–Crippen MR) is 134 cm³/mol. The third kappa shape index (κ3) is 6.07. The van der Waals surface area contributed by atoms with E-state index in [1.54, 1.807) is 24.4 Å². The molecule has 190 valence electrons. The van der Waals surface area contributed by atoms with Gasteiger partial charge in [-0.15, -0.1) is 0 Å². The molecule has 4 rings (SSSR count). The number of aromatic nitrogens is 3. The molecule has 0 bridgehead atoms. The minimum Gasteiger partial charge on any atom is -0.355 e. The number of halogens is 5. The highest BCUT2D eigenvalue weighted by Crippen LogP contribution is 2.36. The Morgan fingerprint density at radius 1 is 1.08 bits per heavy atom. The number of amides is 1. The van der Waals surface area contributed by atoms with Gasteiger partial charge in [-0.25, -0.2) is 9.97 Å². The number of rotatable bonds is 6. The largest absolute Gasteiger partial charge is 0.417 e. The van der Waals surface area contributed by atoms with Crippen molar-refractivity contribution < 1.29 is 18.0 Å². The molecule has 0 unspecified atom stereocenters. The molecule has 0 aliphatic carbocycles. The highest BCUT2D eigenvalue weighted by molar-refractivity contribution is 6.36. The van der Waals surface area contributed by atoms with Gasteiger partial charge in [0.15, 0.2) is 0 Å². The number of carbonyl (C=O) groups excluding carboxylic acids is 1. The first-order valence-corrected chi connectivity index (χ1v) is 12.3. The maximum absolute atomic E-state index is 13.0. The molecule has 3 heterocycles. The number of pyridine rings is 1. The summed E-state index contributed by atoms with van der Waals surface area (Å²) in [5.41, 5.74) is 0.614. The summed E-state index contributed by atoms with van der Waals surface area (Å²) < 4.78 is 39.1. The summed E-state index contributed by atoms with van der Waals surface area (Å²) in [6, 6.07) is 7.26. The lowest BCUT2D eigenvalue weighted by molar-refractivity contribution is -0.137. The van der Waals surface area contributed by atoms with Gasteiger partial charge in [-0.1, -0.05) is 30.1 Å². The Kier molecular flexibility index (Phi) is 8.00. The molecular formula is C25H24Cl2F3N5O. The van der Waals surface area contributed by atoms with Crippen molar-refractivity contribution in [3.05, 3.63) is 58.3 Å². The molecule has 0 saturated carbocycles. The van der Waals surface area contributed by atoms with Gasteiger partial charge in [-0.3, -0.25) is 9.78 Å². The van der Waals surface area contributed by atoms with Gasteiger partial charge in [0.2, 0.25) is 5.91 Å². The van der Waals surface area contributed by atoms with E-state index in [9.17, 15) is 18.0 Å². The smallest absolute Gasteiger partial charge is 0.355 e. The van der Waals surface area contributed by atoms with Crippen molar-refractivity contribution in [3.8, 4) is 22.6 Å². The molecular weight excluding hydrogens is 514 g/mol. The molecule has 1 aromatic carbocycles. The van der Waals surface area contributed by atoms with Gasteiger partial charge in [0.25, 0.3) is 0 Å². The van der Waals surface area contributed by atoms with E-state index in [1.807, 2.05) is 6.92 Å². The van der Waals surface area contributed by atoms with Crippen LogP contribution in [0, 0.1) is 0 Å². The normalized spacial score (nSPS) is 14.7. The molecule has 1 aliphatic rings. The zero-order valence-electron chi connectivity index (χ0n) is 19.4. The minimum atomic E-state index is -4.49. The highest BCUT2D eigenvalue weighted by Gasteiger charge is 2.31. The summed E-state index contributed by atoms with van der Waals surface area (Å²) in [5, 5.41) is 3.84. The topological polar surface area (TPSA) is 71.0 Å². The summed E-state index contributed by atoms with van der Waals surface area (Å²) in [7, 11) is 0. The standard InChI is InChI=1S/C25H24Cl2F3N5O/c1-2-3-22(36)33-17-8-10-35(11-9-17)21-14-32-24(20-7-4-15(13-31-20)25(28,29)30)23(34-21)18-6-5-16(26)12-19(18)27/h4-7,12-14,17H,2-3,8-11H2,1H3,(H,33,36). The second-order valence-electron chi connectivity index (χ2n) is 8.56. The van der Waals surface area contributed by atoms with Crippen LogP contribution in [0.25, 0.3) is 22.6 Å². The Labute approximate surface area is 216 Å². The monoisotopic (exact) mass is 537 g/mol. The second-order valence-corrected chi connectivity index (χ2v) is 9.40. The fourth-order valence-corrected chi connectivity index (χ4v) is 4.57. The van der Waals surface area contributed by atoms with Gasteiger partial charge in [-0.2, -0.15) is 13.2 Å². The molecule has 1 aliphatic heterocycles. The zero-order valence-corrected chi connectivity index (χ0v) is 21.0. The number of nitrogens with one attached hydrogen (secondary N) is 1. The van der Waals surface area contributed by atoms with E-state index in [0.717, 1.165) is 31.5 Å². The number of hydrogen-bond acceptors (Lipinski definition) is 5. The molecule has 3 aromatic rings. The maximum Gasteiger partial charge on any atom is 0.417 e. The van der Waals surface area contributed by atoms with Crippen molar-refractivity contribution in [2.45, 2.75) is 44.8 Å². The van der Waals surface area contributed by atoms with Crippen LogP contribution in [0.4, 0.5) is 19.0 Å². The Balaban J connectivity index is 1.65. The summed E-state index contributed by atoms with van der Waals surface area (Å²) in [6.45, 7) is 3.30. The van der Waals surface area contributed by atoms with Crippen molar-refractivity contribution in [3.63, 3.8) is 0 Å². The van der Waals surface area contributed by atoms with Gasteiger partial charge >= 0.3 is 6.18 Å². The average Bonchev–Trinajstić information content (AvgIpc) is 2.84. The second kappa shape index (κ2) is 11.0. The molecule has 0 radical (unpaired) electrons. The molecule has 36 heavy (non-hydrogen) atoms. The van der Waals surface area contributed by atoms with Gasteiger partial charge in [0.1, 0.15) is 17.2 Å². The lowest BCUT2D eigenvalue weighted by atomic mass is 10.0. The summed E-state index contributed by atoms with van der Waals surface area (Å²) in [4.78, 5) is 27.3. The number of nitrogens with zero attached hydrogens (tertiary/aromatic N) is 4. The third-order valence-corrected chi connectivity index (χ3v) is 6.49. The van der Waals surface area contributed by atoms with Crippen LogP contribution in [0.1, 0.15) is 38.2 Å². The van der Waals surface area contributed by atoms with Crippen molar-refractivity contribution in [2.75, 3.05) is 18.0 Å². The van der Waals surface area contributed by atoms with Crippen molar-refractivity contribution in [2.24, 2.45) is 0 Å². The lowest BCUT2D eigenvalue weighted by Gasteiger charge is -2.33. The lowest BCUT2D eigenvalue weighted by Crippen LogP contribution is -2.45. The fourth-order valence-electron chi connectivity index (χ4n) is 4.07. The molecule has 1 N–H and O–H groups in total. The Bertz CT molecular complexity index is 1230. The highest BCUT2D eigenvalue weighted by atomic mass is 35.5. The van der Waals surface area contributed by atoms with Crippen LogP contribution in [0.2, 0.25) is 10.0 Å². The number of benzene rings is 1. The van der Waals surface area contributed by atoms with E-state index in [0.29, 0.717) is 52.3 Å².